The van der Waals surface area contributed by atoms with Gasteiger partial charge in [0.05, 0.1) is 11.0 Å². The van der Waals surface area contributed by atoms with Crippen LogP contribution in [0.4, 0.5) is 11.4 Å². The normalized spacial score (nSPS) is 12.9. The van der Waals surface area contributed by atoms with E-state index >= 15 is 0 Å². The van der Waals surface area contributed by atoms with E-state index < -0.39 is 0 Å². The second-order valence-electron chi connectivity index (χ2n) is 15.9. The van der Waals surface area contributed by atoms with E-state index in [2.05, 4.69) is 224 Å². The fourth-order valence-electron chi connectivity index (χ4n) is 9.25. The maximum absolute atomic E-state index is 3.84. The van der Waals surface area contributed by atoms with Crippen LogP contribution in [0.1, 0.15) is 25.0 Å². The Morgan fingerprint density at radius 3 is 1.98 bits per heavy atom. The predicted octanol–water partition coefficient (Wildman–Crippen LogP) is 15.0. The van der Waals surface area contributed by atoms with E-state index in [1.165, 1.54) is 88.2 Å². The Hall–Kier alpha value is -7.16. The molecule has 1 heterocycles. The van der Waals surface area contributed by atoms with Crippen molar-refractivity contribution in [3.63, 3.8) is 0 Å². The zero-order valence-corrected chi connectivity index (χ0v) is 32.0. The SMILES string of the molecule is CC1(C)c2ccccc2-c2ccc(-c3cc(-c4ccc5c(c4)c4ccccc4n5-c4cccc(-c5ccccc5)c4)ccc3Nc3ccc4ccccc4c3)cc21. The number of hydrogen-bond acceptors (Lipinski definition) is 1. The molecule has 0 spiro atoms. The van der Waals surface area contributed by atoms with Crippen molar-refractivity contribution in [3.05, 3.63) is 211 Å². The molecule has 0 unspecified atom stereocenters. The minimum Gasteiger partial charge on any atom is -0.355 e. The molecule has 9 aromatic carbocycles. The van der Waals surface area contributed by atoms with Gasteiger partial charge in [0, 0.05) is 38.8 Å². The summed E-state index contributed by atoms with van der Waals surface area (Å²) in [4.78, 5) is 0. The van der Waals surface area contributed by atoms with Crippen LogP contribution in [-0.4, -0.2) is 4.57 Å². The van der Waals surface area contributed by atoms with Crippen LogP contribution in [0.3, 0.4) is 0 Å². The molecule has 2 heteroatoms. The lowest BCUT2D eigenvalue weighted by Crippen LogP contribution is -2.14. The Kier molecular flexibility index (Phi) is 7.55. The van der Waals surface area contributed by atoms with Crippen LogP contribution in [0.25, 0.3) is 82.8 Å². The lowest BCUT2D eigenvalue weighted by atomic mass is 9.81. The van der Waals surface area contributed by atoms with Crippen LogP contribution in [0.15, 0.2) is 200 Å². The smallest absolute Gasteiger partial charge is 0.0541 e. The summed E-state index contributed by atoms with van der Waals surface area (Å²) in [6.45, 7) is 4.71. The van der Waals surface area contributed by atoms with E-state index in [1.54, 1.807) is 0 Å². The molecule has 1 aliphatic rings. The fraction of sp³-hybridized carbons (Fsp3) is 0.0545. The average molecular weight is 729 g/mol. The van der Waals surface area contributed by atoms with Crippen molar-refractivity contribution >= 4 is 44.0 Å². The molecule has 0 saturated heterocycles. The van der Waals surface area contributed by atoms with Crippen LogP contribution >= 0.6 is 0 Å². The highest BCUT2D eigenvalue weighted by Gasteiger charge is 2.35. The summed E-state index contributed by atoms with van der Waals surface area (Å²) >= 11 is 0. The largest absolute Gasteiger partial charge is 0.355 e. The van der Waals surface area contributed by atoms with Gasteiger partial charge in [-0.15, -0.1) is 0 Å². The van der Waals surface area contributed by atoms with Gasteiger partial charge < -0.3 is 9.88 Å². The van der Waals surface area contributed by atoms with Crippen molar-refractivity contribution in [2.75, 3.05) is 5.32 Å². The number of aromatic nitrogens is 1. The summed E-state index contributed by atoms with van der Waals surface area (Å²) in [6, 6.07) is 73.3. The molecule has 0 bridgehead atoms. The van der Waals surface area contributed by atoms with Gasteiger partial charge in [-0.3, -0.25) is 0 Å². The van der Waals surface area contributed by atoms with Gasteiger partial charge in [-0.05, 0) is 122 Å². The van der Waals surface area contributed by atoms with Crippen molar-refractivity contribution < 1.29 is 0 Å². The van der Waals surface area contributed by atoms with Crippen LogP contribution in [0.5, 0.6) is 0 Å². The molecule has 11 rings (SSSR count). The van der Waals surface area contributed by atoms with Gasteiger partial charge in [0.1, 0.15) is 0 Å². The molecule has 0 radical (unpaired) electrons. The molecular weight excluding hydrogens is 689 g/mol. The zero-order chi connectivity index (χ0) is 38.1. The Balaban J connectivity index is 1.06. The maximum atomic E-state index is 3.84. The molecule has 10 aromatic rings. The summed E-state index contributed by atoms with van der Waals surface area (Å²) in [7, 11) is 0. The predicted molar refractivity (Wildman–Crippen MR) is 242 cm³/mol. The molecule has 0 amide bonds. The Morgan fingerprint density at radius 2 is 1.07 bits per heavy atom. The number of nitrogens with one attached hydrogen (secondary N) is 1. The molecule has 1 aromatic heterocycles. The lowest BCUT2D eigenvalue weighted by Gasteiger charge is -2.22. The van der Waals surface area contributed by atoms with Crippen LogP contribution in [0, 0.1) is 0 Å². The Labute approximate surface area is 333 Å². The summed E-state index contributed by atoms with van der Waals surface area (Å²) in [5.74, 6) is 0. The first-order valence-electron chi connectivity index (χ1n) is 19.8. The van der Waals surface area contributed by atoms with Gasteiger partial charge in [0.15, 0.2) is 0 Å². The first kappa shape index (κ1) is 33.2. The van der Waals surface area contributed by atoms with Gasteiger partial charge in [0.2, 0.25) is 0 Å². The van der Waals surface area contributed by atoms with E-state index in [1.807, 2.05) is 0 Å². The molecule has 2 nitrogen and oxygen atoms in total. The number of benzene rings is 9. The monoisotopic (exact) mass is 728 g/mol. The number of para-hydroxylation sites is 1. The third kappa shape index (κ3) is 5.48. The van der Waals surface area contributed by atoms with Gasteiger partial charge in [-0.2, -0.15) is 0 Å². The van der Waals surface area contributed by atoms with E-state index in [0.717, 1.165) is 17.1 Å². The number of hydrogen-bond donors (Lipinski definition) is 1. The molecule has 270 valence electrons. The quantitative estimate of drug-likeness (QED) is 0.180. The number of fused-ring (bicyclic) bond motifs is 7. The maximum Gasteiger partial charge on any atom is 0.0541 e. The van der Waals surface area contributed by atoms with Crippen LogP contribution < -0.4 is 5.32 Å². The summed E-state index contributed by atoms with van der Waals surface area (Å²) < 4.78 is 2.41. The van der Waals surface area contributed by atoms with Crippen molar-refractivity contribution in [2.24, 2.45) is 0 Å². The highest BCUT2D eigenvalue weighted by molar-refractivity contribution is 6.10. The van der Waals surface area contributed by atoms with E-state index in [4.69, 9.17) is 0 Å². The summed E-state index contributed by atoms with van der Waals surface area (Å²) in [5.41, 5.74) is 18.2. The van der Waals surface area contributed by atoms with Crippen molar-refractivity contribution in [1.82, 2.24) is 4.57 Å². The second-order valence-corrected chi connectivity index (χ2v) is 15.9. The molecule has 0 fully saturated rings. The van der Waals surface area contributed by atoms with Crippen molar-refractivity contribution in [1.29, 1.82) is 0 Å². The van der Waals surface area contributed by atoms with Crippen molar-refractivity contribution in [2.45, 2.75) is 19.3 Å². The first-order chi connectivity index (χ1) is 28.0. The number of anilines is 2. The van der Waals surface area contributed by atoms with Crippen LogP contribution in [-0.2, 0) is 5.41 Å². The van der Waals surface area contributed by atoms with Gasteiger partial charge in [0.25, 0.3) is 0 Å². The van der Waals surface area contributed by atoms with Gasteiger partial charge in [-0.25, -0.2) is 0 Å². The number of rotatable bonds is 6. The first-order valence-corrected chi connectivity index (χ1v) is 19.8. The fourth-order valence-corrected chi connectivity index (χ4v) is 9.25. The minimum absolute atomic E-state index is 0.0919. The molecule has 0 atom stereocenters. The van der Waals surface area contributed by atoms with E-state index in [9.17, 15) is 0 Å². The highest BCUT2D eigenvalue weighted by atomic mass is 15.0. The topological polar surface area (TPSA) is 17.0 Å². The molecule has 57 heavy (non-hydrogen) atoms. The van der Waals surface area contributed by atoms with Crippen LogP contribution in [0.2, 0.25) is 0 Å². The summed E-state index contributed by atoms with van der Waals surface area (Å²) in [6.07, 6.45) is 0. The average Bonchev–Trinajstić information content (AvgIpc) is 3.72. The third-order valence-corrected chi connectivity index (χ3v) is 12.2. The Morgan fingerprint density at radius 1 is 0.386 bits per heavy atom. The minimum atomic E-state index is -0.0919. The van der Waals surface area contributed by atoms with Crippen molar-refractivity contribution in [3.8, 4) is 50.2 Å². The lowest BCUT2D eigenvalue weighted by molar-refractivity contribution is 0.660. The second kappa shape index (κ2) is 13.0. The molecule has 0 saturated carbocycles. The molecule has 0 aliphatic heterocycles. The zero-order valence-electron chi connectivity index (χ0n) is 32.0. The van der Waals surface area contributed by atoms with E-state index in [0.29, 0.717) is 0 Å². The van der Waals surface area contributed by atoms with E-state index in [-0.39, 0.29) is 5.41 Å². The standard InChI is InChI=1S/C55H40N2/c1-55(2)50-21-10-8-19-45(50)46-28-24-42(35-51(46)55)48-33-40(25-29-52(48)56-43-27-23-37-15-6-7-16-38(37)31-43)41-26-30-54-49(34-41)47-20-9-11-22-53(47)57(54)44-18-12-17-39(32-44)36-13-4-3-5-14-36/h3-35,56H,1-2H3. The summed E-state index contributed by atoms with van der Waals surface area (Å²) in [5, 5.41) is 8.78. The highest BCUT2D eigenvalue weighted by Crippen LogP contribution is 2.50. The van der Waals surface area contributed by atoms with Gasteiger partial charge >= 0.3 is 0 Å². The molecular formula is C55H40N2. The third-order valence-electron chi connectivity index (χ3n) is 12.2. The Bertz CT molecular complexity index is 3180. The molecule has 1 N–H and O–H groups in total. The molecule has 1 aliphatic carbocycles. The number of nitrogens with zero attached hydrogens (tertiary/aromatic N) is 1. The van der Waals surface area contributed by atoms with Gasteiger partial charge in [-0.1, -0.05) is 153 Å².